The van der Waals surface area contributed by atoms with Crippen molar-refractivity contribution in [2.45, 2.75) is 115 Å². The summed E-state index contributed by atoms with van der Waals surface area (Å²) in [5.74, 6) is -1.88. The van der Waals surface area contributed by atoms with Gasteiger partial charge >= 0.3 is 5.97 Å². The summed E-state index contributed by atoms with van der Waals surface area (Å²) >= 11 is 0. The predicted octanol–water partition coefficient (Wildman–Crippen LogP) is 3.90. The molecule has 4 heterocycles. The van der Waals surface area contributed by atoms with E-state index in [-0.39, 0.29) is 31.3 Å². The summed E-state index contributed by atoms with van der Waals surface area (Å²) in [6.07, 6.45) is 11.5. The largest absolute Gasteiger partial charge is 0.462 e. The van der Waals surface area contributed by atoms with Crippen molar-refractivity contribution in [3.63, 3.8) is 0 Å². The number of hydrogen-bond donors (Lipinski definition) is 3. The number of hydrogen-bond acceptors (Lipinski definition) is 8. The molecular formula is C32H46O8. The van der Waals surface area contributed by atoms with Crippen molar-refractivity contribution in [2.24, 2.45) is 17.8 Å². The number of ether oxygens (including phenoxy) is 4. The van der Waals surface area contributed by atoms with Crippen molar-refractivity contribution < 1.29 is 39.1 Å². The Morgan fingerprint density at radius 1 is 1.15 bits per heavy atom. The van der Waals surface area contributed by atoms with E-state index in [2.05, 4.69) is 32.9 Å². The molecule has 0 amide bonds. The van der Waals surface area contributed by atoms with E-state index in [4.69, 9.17) is 18.9 Å². The zero-order valence-corrected chi connectivity index (χ0v) is 24.3. The molecule has 10 atom stereocenters. The highest BCUT2D eigenvalue weighted by Gasteiger charge is 2.60. The summed E-state index contributed by atoms with van der Waals surface area (Å²) in [6.45, 7) is 8.32. The molecule has 8 heteroatoms. The fourth-order valence-electron chi connectivity index (χ4n) is 7.21. The summed E-state index contributed by atoms with van der Waals surface area (Å²) in [7, 11) is 0. The average Bonchev–Trinajstić information content (AvgIpc) is 3.24. The van der Waals surface area contributed by atoms with Crippen LogP contribution in [0.3, 0.4) is 0 Å². The number of allylic oxidation sites excluding steroid dienone is 4. The molecule has 0 aromatic carbocycles. The van der Waals surface area contributed by atoms with E-state index in [1.54, 1.807) is 13.0 Å². The number of rotatable bonds is 2. The van der Waals surface area contributed by atoms with Crippen LogP contribution in [-0.4, -0.2) is 76.4 Å². The molecule has 4 aliphatic heterocycles. The Morgan fingerprint density at radius 2 is 1.95 bits per heavy atom. The summed E-state index contributed by atoms with van der Waals surface area (Å²) in [5, 5.41) is 32.5. The van der Waals surface area contributed by atoms with Gasteiger partial charge in [-0.15, -0.1) is 0 Å². The number of carbonyl (C=O) groups excluding carboxylic acids is 1. The molecule has 0 aromatic heterocycles. The molecule has 0 radical (unpaired) electrons. The van der Waals surface area contributed by atoms with Crippen LogP contribution < -0.4 is 0 Å². The van der Waals surface area contributed by atoms with E-state index in [1.807, 2.05) is 12.2 Å². The van der Waals surface area contributed by atoms with E-state index >= 15 is 0 Å². The van der Waals surface area contributed by atoms with Crippen LogP contribution in [0.2, 0.25) is 0 Å². The van der Waals surface area contributed by atoms with Crippen molar-refractivity contribution >= 4 is 5.97 Å². The minimum atomic E-state index is -1.71. The Bertz CT molecular complexity index is 1080. The lowest BCUT2D eigenvalue weighted by Crippen LogP contribution is -2.58. The standard InChI is InChI=1S/C32H46O8/c1-19-6-5-7-23-18-37-29-28(34)22(4)15-26(32(23,29)36)30(35)38-25-16-24(9-8-20(2)14-19)39-31(17-25)12-10-21(3)27(40-31)11-13-33/h5-8,15,19,21,24-29,33-34,36H,9-14,16-18H2,1-4H3/b6-5+,20-8+,23-7+/t19-,21-,24+,25-,26-,27+,28+,29+,31+,32+/m0/s1. The van der Waals surface area contributed by atoms with Gasteiger partial charge in [0.1, 0.15) is 29.8 Å². The second-order valence-corrected chi connectivity index (χ2v) is 12.8. The molecule has 1 aliphatic carbocycles. The molecule has 2 bridgehead atoms. The van der Waals surface area contributed by atoms with Crippen LogP contribution in [0, 0.1) is 17.8 Å². The van der Waals surface area contributed by atoms with Gasteiger partial charge in [0.05, 0.1) is 18.8 Å². The lowest BCUT2D eigenvalue weighted by molar-refractivity contribution is -0.336. The number of carbonyl (C=O) groups is 1. The molecule has 3 fully saturated rings. The topological polar surface area (TPSA) is 115 Å². The van der Waals surface area contributed by atoms with Crippen LogP contribution in [-0.2, 0) is 23.7 Å². The zero-order chi connectivity index (χ0) is 28.7. The Balaban J connectivity index is 1.50. The van der Waals surface area contributed by atoms with Crippen LogP contribution in [0.1, 0.15) is 72.6 Å². The Kier molecular flexibility index (Phi) is 8.77. The quantitative estimate of drug-likeness (QED) is 0.346. The lowest BCUT2D eigenvalue weighted by atomic mass is 9.71. The predicted molar refractivity (Wildman–Crippen MR) is 149 cm³/mol. The fraction of sp³-hybridized carbons (Fsp3) is 0.719. The van der Waals surface area contributed by atoms with Crippen LogP contribution in [0.15, 0.2) is 47.1 Å². The summed E-state index contributed by atoms with van der Waals surface area (Å²) in [6, 6.07) is 0. The average molecular weight is 559 g/mol. The SMILES string of the molecule is CC1=C[C@H]2C(=O)O[C@H]3C[C@@H](C/C=C(\C)C[C@@H](C)/C=C/C=C4\CO[C@H]([C@@H]1O)[C@@]42O)O[C@@]1(CC[C@H](C)[C@@H](CCO)O1)C3. The van der Waals surface area contributed by atoms with Gasteiger partial charge in [-0.3, -0.25) is 4.79 Å². The number of aliphatic hydroxyl groups is 3. The van der Waals surface area contributed by atoms with Gasteiger partial charge in [-0.1, -0.05) is 49.8 Å². The van der Waals surface area contributed by atoms with Gasteiger partial charge in [0.2, 0.25) is 0 Å². The van der Waals surface area contributed by atoms with Gasteiger partial charge < -0.3 is 34.3 Å². The summed E-state index contributed by atoms with van der Waals surface area (Å²) < 4.78 is 25.3. The molecule has 3 N–H and O–H groups in total. The minimum Gasteiger partial charge on any atom is -0.462 e. The third kappa shape index (κ3) is 5.76. The maximum absolute atomic E-state index is 13.9. The Morgan fingerprint density at radius 3 is 2.73 bits per heavy atom. The first kappa shape index (κ1) is 29.7. The maximum atomic E-state index is 13.9. The van der Waals surface area contributed by atoms with Crippen LogP contribution in [0.25, 0.3) is 0 Å². The van der Waals surface area contributed by atoms with Crippen molar-refractivity contribution in [2.75, 3.05) is 13.2 Å². The van der Waals surface area contributed by atoms with Crippen molar-refractivity contribution in [3.8, 4) is 0 Å². The second kappa shape index (κ2) is 11.8. The van der Waals surface area contributed by atoms with Gasteiger partial charge in [0.25, 0.3) is 0 Å². The fourth-order valence-corrected chi connectivity index (χ4v) is 7.21. The minimum absolute atomic E-state index is 0.0401. The summed E-state index contributed by atoms with van der Waals surface area (Å²) in [4.78, 5) is 13.9. The molecule has 8 nitrogen and oxygen atoms in total. The maximum Gasteiger partial charge on any atom is 0.316 e. The first-order valence-electron chi connectivity index (χ1n) is 15.0. The molecule has 222 valence electrons. The number of aliphatic hydroxyl groups excluding tert-OH is 2. The normalized spacial score (nSPS) is 47.8. The zero-order valence-electron chi connectivity index (χ0n) is 24.3. The number of esters is 1. The molecule has 0 unspecified atom stereocenters. The van der Waals surface area contributed by atoms with Crippen molar-refractivity contribution in [1.29, 1.82) is 0 Å². The van der Waals surface area contributed by atoms with Crippen LogP contribution in [0.4, 0.5) is 0 Å². The van der Waals surface area contributed by atoms with Gasteiger partial charge in [0.15, 0.2) is 5.79 Å². The van der Waals surface area contributed by atoms with Gasteiger partial charge in [-0.05, 0) is 62.5 Å². The van der Waals surface area contributed by atoms with E-state index in [0.717, 1.165) is 12.8 Å². The first-order valence-corrected chi connectivity index (χ1v) is 15.0. The van der Waals surface area contributed by atoms with E-state index in [0.29, 0.717) is 49.2 Å². The molecule has 5 aliphatic rings. The Hall–Kier alpha value is -1.81. The van der Waals surface area contributed by atoms with Gasteiger partial charge in [-0.25, -0.2) is 0 Å². The lowest BCUT2D eigenvalue weighted by Gasteiger charge is -2.50. The Labute approximate surface area is 237 Å². The smallest absolute Gasteiger partial charge is 0.316 e. The molecule has 0 saturated carbocycles. The van der Waals surface area contributed by atoms with Crippen LogP contribution in [0.5, 0.6) is 0 Å². The van der Waals surface area contributed by atoms with Gasteiger partial charge in [-0.2, -0.15) is 0 Å². The summed E-state index contributed by atoms with van der Waals surface area (Å²) in [5.41, 5.74) is 0.684. The number of fused-ring (bicyclic) bond motifs is 2. The van der Waals surface area contributed by atoms with Gasteiger partial charge in [0, 0.05) is 25.9 Å². The molecule has 0 aromatic rings. The third-order valence-electron chi connectivity index (χ3n) is 9.51. The second-order valence-electron chi connectivity index (χ2n) is 12.8. The van der Waals surface area contributed by atoms with E-state index in [9.17, 15) is 20.1 Å². The first-order chi connectivity index (χ1) is 19.0. The highest BCUT2D eigenvalue weighted by atomic mass is 16.7. The van der Waals surface area contributed by atoms with E-state index < -0.39 is 41.6 Å². The molecule has 3 saturated heterocycles. The monoisotopic (exact) mass is 558 g/mol. The van der Waals surface area contributed by atoms with E-state index in [1.165, 1.54) is 5.57 Å². The third-order valence-corrected chi connectivity index (χ3v) is 9.51. The molecular weight excluding hydrogens is 512 g/mol. The van der Waals surface area contributed by atoms with Crippen molar-refractivity contribution in [1.82, 2.24) is 0 Å². The van der Waals surface area contributed by atoms with Crippen LogP contribution >= 0.6 is 0 Å². The highest BCUT2D eigenvalue weighted by molar-refractivity contribution is 5.78. The molecule has 5 rings (SSSR count). The molecule has 40 heavy (non-hydrogen) atoms. The highest BCUT2D eigenvalue weighted by Crippen LogP contribution is 2.47. The van der Waals surface area contributed by atoms with Crippen molar-refractivity contribution in [3.05, 3.63) is 47.1 Å². The molecule has 1 spiro atoms.